The molecular weight excluding hydrogens is 258 g/mol. The van der Waals surface area contributed by atoms with E-state index in [1.54, 1.807) is 0 Å². The number of nitriles is 1. The average molecular weight is 270 g/mol. The molecule has 2 rings (SSSR count). The van der Waals surface area contributed by atoms with Gasteiger partial charge in [0.1, 0.15) is 16.5 Å². The second kappa shape index (κ2) is 4.65. The van der Waals surface area contributed by atoms with E-state index < -0.39 is 27.3 Å². The van der Waals surface area contributed by atoms with Crippen LogP contribution in [-0.2, 0) is 10.8 Å². The standard InChI is InChI=1S/C12H12F2N2OS/c13-9-5-8(16)6-10(14)11(9)18(17)7-12(1-2-12)3-4-15/h5-6H,1-3,7,16H2. The van der Waals surface area contributed by atoms with E-state index in [-0.39, 0.29) is 23.3 Å². The van der Waals surface area contributed by atoms with Gasteiger partial charge in [-0.15, -0.1) is 0 Å². The van der Waals surface area contributed by atoms with E-state index in [9.17, 15) is 13.0 Å². The molecule has 0 saturated heterocycles. The molecule has 1 aliphatic rings. The van der Waals surface area contributed by atoms with E-state index in [0.717, 1.165) is 25.0 Å². The number of rotatable bonds is 4. The molecule has 0 radical (unpaired) electrons. The monoisotopic (exact) mass is 270 g/mol. The summed E-state index contributed by atoms with van der Waals surface area (Å²) in [6.07, 6.45) is 1.84. The van der Waals surface area contributed by atoms with Gasteiger partial charge in [-0.1, -0.05) is 0 Å². The Morgan fingerprint density at radius 1 is 1.39 bits per heavy atom. The number of anilines is 1. The first-order valence-corrected chi connectivity index (χ1v) is 6.79. The highest BCUT2D eigenvalue weighted by Gasteiger charge is 2.44. The highest BCUT2D eigenvalue weighted by Crippen LogP contribution is 2.49. The van der Waals surface area contributed by atoms with Crippen molar-refractivity contribution in [2.45, 2.75) is 24.2 Å². The Morgan fingerprint density at radius 3 is 2.39 bits per heavy atom. The number of benzene rings is 1. The minimum atomic E-state index is -1.78. The summed E-state index contributed by atoms with van der Waals surface area (Å²) in [5.41, 5.74) is 4.94. The molecule has 1 fully saturated rings. The molecule has 3 nitrogen and oxygen atoms in total. The fourth-order valence-corrected chi connectivity index (χ4v) is 3.51. The highest BCUT2D eigenvalue weighted by atomic mass is 32.2. The van der Waals surface area contributed by atoms with Crippen molar-refractivity contribution in [3.8, 4) is 6.07 Å². The van der Waals surface area contributed by atoms with Crippen LogP contribution in [0.15, 0.2) is 17.0 Å². The van der Waals surface area contributed by atoms with E-state index in [4.69, 9.17) is 11.0 Å². The van der Waals surface area contributed by atoms with Crippen LogP contribution in [0.5, 0.6) is 0 Å². The van der Waals surface area contributed by atoms with Gasteiger partial charge in [0.05, 0.1) is 16.9 Å². The third kappa shape index (κ3) is 2.51. The molecule has 0 spiro atoms. The molecule has 1 atom stereocenters. The Balaban J connectivity index is 2.23. The van der Waals surface area contributed by atoms with Gasteiger partial charge in [-0.25, -0.2) is 8.78 Å². The minimum Gasteiger partial charge on any atom is -0.399 e. The Kier molecular flexibility index (Phi) is 3.35. The Morgan fingerprint density at radius 2 is 1.94 bits per heavy atom. The third-order valence-corrected chi connectivity index (χ3v) is 4.82. The van der Waals surface area contributed by atoms with Crippen molar-refractivity contribution in [1.29, 1.82) is 5.26 Å². The maximum atomic E-state index is 13.6. The van der Waals surface area contributed by atoms with Gasteiger partial charge < -0.3 is 5.73 Å². The Hall–Kier alpha value is -1.48. The summed E-state index contributed by atoms with van der Waals surface area (Å²) < 4.78 is 39.1. The van der Waals surface area contributed by atoms with Crippen LogP contribution >= 0.6 is 0 Å². The van der Waals surface area contributed by atoms with Crippen molar-refractivity contribution in [3.63, 3.8) is 0 Å². The Labute approximate surface area is 106 Å². The topological polar surface area (TPSA) is 66.9 Å². The first-order valence-electron chi connectivity index (χ1n) is 5.47. The molecule has 0 bridgehead atoms. The Bertz CT molecular complexity index is 526. The molecule has 0 amide bonds. The van der Waals surface area contributed by atoms with Gasteiger partial charge in [-0.2, -0.15) is 5.26 Å². The van der Waals surface area contributed by atoms with Crippen LogP contribution in [0.1, 0.15) is 19.3 Å². The molecule has 1 aromatic carbocycles. The van der Waals surface area contributed by atoms with Crippen LogP contribution in [0.2, 0.25) is 0 Å². The molecule has 2 N–H and O–H groups in total. The number of nitrogens with two attached hydrogens (primary N) is 1. The summed E-state index contributed by atoms with van der Waals surface area (Å²) in [5, 5.41) is 8.66. The average Bonchev–Trinajstić information content (AvgIpc) is 2.96. The molecule has 18 heavy (non-hydrogen) atoms. The molecule has 0 aromatic heterocycles. The van der Waals surface area contributed by atoms with Crippen LogP contribution in [0.25, 0.3) is 0 Å². The van der Waals surface area contributed by atoms with Gasteiger partial charge in [0.15, 0.2) is 0 Å². The van der Waals surface area contributed by atoms with E-state index in [2.05, 4.69) is 0 Å². The number of halogens is 2. The van der Waals surface area contributed by atoms with E-state index in [1.165, 1.54) is 0 Å². The maximum absolute atomic E-state index is 13.6. The van der Waals surface area contributed by atoms with Crippen molar-refractivity contribution in [3.05, 3.63) is 23.8 Å². The van der Waals surface area contributed by atoms with Crippen molar-refractivity contribution in [1.82, 2.24) is 0 Å². The van der Waals surface area contributed by atoms with Gasteiger partial charge in [-0.3, -0.25) is 4.21 Å². The zero-order valence-electron chi connectivity index (χ0n) is 9.58. The maximum Gasteiger partial charge on any atom is 0.144 e. The second-order valence-corrected chi connectivity index (χ2v) is 6.03. The SMILES string of the molecule is N#CCC1(CS(=O)c2c(F)cc(N)cc2F)CC1. The fraction of sp³-hybridized carbons (Fsp3) is 0.417. The van der Waals surface area contributed by atoms with Crippen molar-refractivity contribution in [2.24, 2.45) is 5.41 Å². The van der Waals surface area contributed by atoms with Gasteiger partial charge in [0.2, 0.25) is 0 Å². The van der Waals surface area contributed by atoms with Gasteiger partial charge >= 0.3 is 0 Å². The lowest BCUT2D eigenvalue weighted by atomic mass is 10.1. The van der Waals surface area contributed by atoms with Crippen LogP contribution < -0.4 is 5.73 Å². The number of hydrogen-bond acceptors (Lipinski definition) is 3. The van der Waals surface area contributed by atoms with Crippen molar-refractivity contribution in [2.75, 3.05) is 11.5 Å². The van der Waals surface area contributed by atoms with Gasteiger partial charge in [-0.05, 0) is 30.4 Å². The molecule has 0 heterocycles. The minimum absolute atomic E-state index is 0.0380. The normalized spacial score (nSPS) is 18.1. The predicted molar refractivity (Wildman–Crippen MR) is 63.9 cm³/mol. The summed E-state index contributed by atoms with van der Waals surface area (Å²) in [4.78, 5) is -0.437. The zero-order chi connectivity index (χ0) is 13.3. The molecule has 1 saturated carbocycles. The van der Waals surface area contributed by atoms with E-state index >= 15 is 0 Å². The lowest BCUT2D eigenvalue weighted by Crippen LogP contribution is -2.14. The quantitative estimate of drug-likeness (QED) is 0.854. The lowest BCUT2D eigenvalue weighted by molar-refractivity contribution is 0.530. The van der Waals surface area contributed by atoms with Crippen molar-refractivity contribution < 1.29 is 13.0 Å². The molecule has 1 aromatic rings. The smallest absolute Gasteiger partial charge is 0.144 e. The lowest BCUT2D eigenvalue weighted by Gasteiger charge is -2.11. The van der Waals surface area contributed by atoms with Gasteiger partial charge in [0.25, 0.3) is 0 Å². The summed E-state index contributed by atoms with van der Waals surface area (Å²) in [6, 6.07) is 3.94. The molecule has 0 aliphatic heterocycles. The van der Waals surface area contributed by atoms with Crippen LogP contribution in [0.4, 0.5) is 14.5 Å². The summed E-state index contributed by atoms with van der Waals surface area (Å²) in [5.74, 6) is -1.66. The van der Waals surface area contributed by atoms with Crippen LogP contribution in [-0.4, -0.2) is 9.96 Å². The van der Waals surface area contributed by atoms with Crippen molar-refractivity contribution >= 4 is 16.5 Å². The first-order chi connectivity index (χ1) is 8.47. The van der Waals surface area contributed by atoms with Gasteiger partial charge in [0, 0.05) is 17.9 Å². The fourth-order valence-electron chi connectivity index (χ4n) is 1.86. The molecule has 1 unspecified atom stereocenters. The van der Waals surface area contributed by atoms with Crippen LogP contribution in [0.3, 0.4) is 0 Å². The molecule has 1 aliphatic carbocycles. The van der Waals surface area contributed by atoms with E-state index in [0.29, 0.717) is 0 Å². The number of nitrogens with zero attached hydrogens (tertiary/aromatic N) is 1. The molecule has 96 valence electrons. The second-order valence-electron chi connectivity index (χ2n) is 4.64. The first kappa shape index (κ1) is 13.0. The molecule has 6 heteroatoms. The van der Waals surface area contributed by atoms with E-state index in [1.807, 2.05) is 6.07 Å². The number of nitrogen functional groups attached to an aromatic ring is 1. The highest BCUT2D eigenvalue weighted by molar-refractivity contribution is 7.85. The summed E-state index contributed by atoms with van der Waals surface area (Å²) in [7, 11) is -1.78. The predicted octanol–water partition coefficient (Wildman–Crippen LogP) is 2.35. The van der Waals surface area contributed by atoms with Crippen LogP contribution in [0, 0.1) is 28.4 Å². The summed E-state index contributed by atoms with van der Waals surface area (Å²) in [6.45, 7) is 0. The third-order valence-electron chi connectivity index (χ3n) is 3.10. The zero-order valence-corrected chi connectivity index (χ0v) is 10.4. The summed E-state index contributed by atoms with van der Waals surface area (Å²) >= 11 is 0. The largest absolute Gasteiger partial charge is 0.399 e. The molecular formula is C12H12F2N2OS. The number of hydrogen-bond donors (Lipinski definition) is 1.